The van der Waals surface area contributed by atoms with E-state index >= 15 is 0 Å². The minimum Gasteiger partial charge on any atom is -0.334 e. The van der Waals surface area contributed by atoms with Crippen molar-refractivity contribution in [2.45, 2.75) is 13.1 Å². The quantitative estimate of drug-likeness (QED) is 0.783. The second-order valence-electron chi connectivity index (χ2n) is 3.20. The summed E-state index contributed by atoms with van der Waals surface area (Å²) in [5.74, 6) is -0.960. The fraction of sp³-hybridized carbons (Fsp3) is 0.222. The minimum atomic E-state index is -4.43. The number of nitrogens with one attached hydrogen (secondary N) is 1. The summed E-state index contributed by atoms with van der Waals surface area (Å²) >= 11 is 3.21. The molecule has 1 aromatic heterocycles. The van der Waals surface area contributed by atoms with Crippen molar-refractivity contribution in [2.24, 2.45) is 0 Å². The fourth-order valence-corrected chi connectivity index (χ4v) is 1.95. The highest BCUT2D eigenvalue weighted by Gasteiger charge is 2.34. The van der Waals surface area contributed by atoms with Crippen molar-refractivity contribution in [3.63, 3.8) is 0 Å². The van der Waals surface area contributed by atoms with E-state index in [4.69, 9.17) is 0 Å². The van der Waals surface area contributed by atoms with Gasteiger partial charge in [-0.3, -0.25) is 0 Å². The van der Waals surface area contributed by atoms with Crippen LogP contribution in [0.25, 0.3) is 11.0 Å². The molecule has 0 fully saturated rings. The first-order valence-corrected chi connectivity index (χ1v) is 4.90. The summed E-state index contributed by atoms with van der Waals surface area (Å²) in [4.78, 5) is 5.77. The van der Waals surface area contributed by atoms with Gasteiger partial charge in [-0.15, -0.1) is 0 Å². The van der Waals surface area contributed by atoms with Crippen molar-refractivity contribution in [2.75, 3.05) is 0 Å². The normalized spacial score (nSPS) is 12.3. The highest BCUT2D eigenvalue weighted by Crippen LogP contribution is 2.30. The topological polar surface area (TPSA) is 28.7 Å². The first-order valence-electron chi connectivity index (χ1n) is 4.11. The Kier molecular flexibility index (Phi) is 2.26. The largest absolute Gasteiger partial charge is 0.449 e. The summed E-state index contributed by atoms with van der Waals surface area (Å²) in [6.07, 6.45) is -4.43. The summed E-state index contributed by atoms with van der Waals surface area (Å²) in [5, 5.41) is 0. The van der Waals surface area contributed by atoms with Crippen LogP contribution in [0.2, 0.25) is 0 Å². The summed E-state index contributed by atoms with van der Waals surface area (Å²) in [5.41, 5.74) is 1.44. The lowest BCUT2D eigenvalue weighted by molar-refractivity contribution is -0.144. The van der Waals surface area contributed by atoms with Crippen molar-refractivity contribution >= 4 is 27.0 Å². The number of hydrogen-bond acceptors (Lipinski definition) is 1. The molecule has 0 saturated carbocycles. The van der Waals surface area contributed by atoms with Gasteiger partial charge >= 0.3 is 6.18 Å². The number of rotatable bonds is 0. The number of fused-ring (bicyclic) bond motifs is 1. The standard InChI is InChI=1S/C9H6BrF3N2/c1-4-2-5(10)3-6-7(4)15-8(14-6)9(11,12)13/h2-3H,1H3,(H,14,15). The number of hydrogen-bond donors (Lipinski definition) is 1. The molecular formula is C9H6BrF3N2. The van der Waals surface area contributed by atoms with Crippen LogP contribution >= 0.6 is 15.9 Å². The Balaban J connectivity index is 2.71. The number of H-pyrrole nitrogens is 1. The van der Waals surface area contributed by atoms with Crippen LogP contribution < -0.4 is 0 Å². The Morgan fingerprint density at radius 2 is 2.00 bits per heavy atom. The van der Waals surface area contributed by atoms with Gasteiger partial charge in [0.1, 0.15) is 0 Å². The maximum atomic E-state index is 12.4. The van der Waals surface area contributed by atoms with Crippen LogP contribution in [-0.4, -0.2) is 9.97 Å². The molecule has 0 atom stereocenters. The summed E-state index contributed by atoms with van der Waals surface area (Å²) in [6.45, 7) is 1.72. The first-order chi connectivity index (χ1) is 6.88. The number of nitrogens with zero attached hydrogens (tertiary/aromatic N) is 1. The summed E-state index contributed by atoms with van der Waals surface area (Å²) in [7, 11) is 0. The molecule has 1 heterocycles. The molecule has 2 nitrogen and oxygen atoms in total. The molecule has 0 aliphatic carbocycles. The van der Waals surface area contributed by atoms with E-state index in [-0.39, 0.29) is 0 Å². The Bertz CT molecular complexity index is 516. The molecule has 2 aromatic rings. The third-order valence-corrected chi connectivity index (χ3v) is 2.47. The lowest BCUT2D eigenvalue weighted by atomic mass is 10.2. The van der Waals surface area contributed by atoms with E-state index in [2.05, 4.69) is 25.9 Å². The van der Waals surface area contributed by atoms with Crippen molar-refractivity contribution in [1.29, 1.82) is 0 Å². The first kappa shape index (κ1) is 10.5. The molecule has 0 saturated heterocycles. The number of aromatic amines is 1. The lowest BCUT2D eigenvalue weighted by Gasteiger charge is -1.98. The molecule has 1 aromatic carbocycles. The zero-order chi connectivity index (χ0) is 11.2. The molecule has 15 heavy (non-hydrogen) atoms. The molecular weight excluding hydrogens is 273 g/mol. The monoisotopic (exact) mass is 278 g/mol. The Morgan fingerprint density at radius 1 is 1.33 bits per heavy atom. The molecule has 0 radical (unpaired) electrons. The molecule has 0 aliphatic rings. The van der Waals surface area contributed by atoms with Crippen molar-refractivity contribution in [3.8, 4) is 0 Å². The predicted molar refractivity (Wildman–Crippen MR) is 53.5 cm³/mol. The van der Waals surface area contributed by atoms with Gasteiger partial charge in [-0.1, -0.05) is 15.9 Å². The van der Waals surface area contributed by atoms with E-state index in [0.717, 1.165) is 4.47 Å². The zero-order valence-electron chi connectivity index (χ0n) is 7.61. The second-order valence-corrected chi connectivity index (χ2v) is 4.12. The average Bonchev–Trinajstić information content (AvgIpc) is 2.46. The van der Waals surface area contributed by atoms with Crippen molar-refractivity contribution < 1.29 is 13.2 Å². The predicted octanol–water partition coefficient (Wildman–Crippen LogP) is 3.65. The van der Waals surface area contributed by atoms with E-state index < -0.39 is 12.0 Å². The highest BCUT2D eigenvalue weighted by molar-refractivity contribution is 9.10. The van der Waals surface area contributed by atoms with Crippen LogP contribution in [0.15, 0.2) is 16.6 Å². The summed E-state index contributed by atoms with van der Waals surface area (Å²) in [6, 6.07) is 3.30. The van der Waals surface area contributed by atoms with Crippen LogP contribution in [0.1, 0.15) is 11.4 Å². The van der Waals surface area contributed by atoms with E-state index in [1.54, 1.807) is 19.1 Å². The Labute approximate surface area is 91.6 Å². The van der Waals surface area contributed by atoms with Crippen LogP contribution in [0.5, 0.6) is 0 Å². The van der Waals surface area contributed by atoms with Gasteiger partial charge in [-0.2, -0.15) is 13.2 Å². The fourth-order valence-electron chi connectivity index (χ4n) is 1.38. The Hall–Kier alpha value is -1.04. The molecule has 80 valence electrons. The number of halogens is 4. The van der Waals surface area contributed by atoms with Gasteiger partial charge in [0.05, 0.1) is 11.0 Å². The molecule has 0 aliphatic heterocycles. The van der Waals surface area contributed by atoms with Gasteiger partial charge < -0.3 is 4.98 Å². The molecule has 0 spiro atoms. The number of benzene rings is 1. The number of aryl methyl sites for hydroxylation is 1. The van der Waals surface area contributed by atoms with Crippen LogP contribution in [0.4, 0.5) is 13.2 Å². The van der Waals surface area contributed by atoms with E-state index in [1.165, 1.54) is 0 Å². The van der Waals surface area contributed by atoms with Crippen molar-refractivity contribution in [3.05, 3.63) is 28.0 Å². The van der Waals surface area contributed by atoms with Gasteiger partial charge in [0.15, 0.2) is 0 Å². The van der Waals surface area contributed by atoms with E-state index in [0.29, 0.717) is 16.6 Å². The van der Waals surface area contributed by atoms with Gasteiger partial charge in [-0.25, -0.2) is 4.98 Å². The second kappa shape index (κ2) is 3.23. The molecule has 1 N–H and O–H groups in total. The number of aromatic nitrogens is 2. The summed E-state index contributed by atoms with van der Waals surface area (Å²) < 4.78 is 37.8. The van der Waals surface area contributed by atoms with Gasteiger partial charge in [0.2, 0.25) is 5.82 Å². The molecule has 0 bridgehead atoms. The lowest BCUT2D eigenvalue weighted by Crippen LogP contribution is -2.06. The van der Waals surface area contributed by atoms with Crippen LogP contribution in [-0.2, 0) is 6.18 Å². The SMILES string of the molecule is Cc1cc(Br)cc2[nH]c(C(F)(F)F)nc12. The minimum absolute atomic E-state index is 0.352. The van der Waals surface area contributed by atoms with Gasteiger partial charge in [-0.05, 0) is 24.6 Å². The maximum absolute atomic E-state index is 12.4. The van der Waals surface area contributed by atoms with E-state index in [1.807, 2.05) is 0 Å². The van der Waals surface area contributed by atoms with Gasteiger partial charge in [0, 0.05) is 4.47 Å². The highest BCUT2D eigenvalue weighted by atomic mass is 79.9. The van der Waals surface area contributed by atoms with Crippen LogP contribution in [0, 0.1) is 6.92 Å². The zero-order valence-corrected chi connectivity index (χ0v) is 9.20. The number of alkyl halides is 3. The number of imidazole rings is 1. The third kappa shape index (κ3) is 1.86. The molecule has 0 unspecified atom stereocenters. The molecule has 2 rings (SSSR count). The van der Waals surface area contributed by atoms with Gasteiger partial charge in [0.25, 0.3) is 0 Å². The maximum Gasteiger partial charge on any atom is 0.449 e. The Morgan fingerprint density at radius 3 is 2.60 bits per heavy atom. The smallest absolute Gasteiger partial charge is 0.334 e. The molecule has 0 amide bonds. The van der Waals surface area contributed by atoms with Crippen LogP contribution in [0.3, 0.4) is 0 Å². The third-order valence-electron chi connectivity index (χ3n) is 2.01. The van der Waals surface area contributed by atoms with Crippen molar-refractivity contribution in [1.82, 2.24) is 9.97 Å². The molecule has 6 heteroatoms. The average molecular weight is 279 g/mol. The van der Waals surface area contributed by atoms with E-state index in [9.17, 15) is 13.2 Å².